The van der Waals surface area contributed by atoms with Gasteiger partial charge in [0, 0.05) is 18.9 Å². The summed E-state index contributed by atoms with van der Waals surface area (Å²) in [6.45, 7) is 4.54. The molecule has 1 fully saturated rings. The van der Waals surface area contributed by atoms with Crippen LogP contribution >= 0.6 is 0 Å². The van der Waals surface area contributed by atoms with Crippen LogP contribution in [-0.2, 0) is 4.79 Å². The first-order valence-corrected chi connectivity index (χ1v) is 6.26. The van der Waals surface area contributed by atoms with Gasteiger partial charge in [0.15, 0.2) is 0 Å². The normalized spacial score (nSPS) is 22.7. The zero-order valence-corrected chi connectivity index (χ0v) is 10.5. The van der Waals surface area contributed by atoms with Crippen LogP contribution in [0.25, 0.3) is 0 Å². The number of terminal acetylenes is 1. The molecule has 0 aromatic heterocycles. The van der Waals surface area contributed by atoms with Crippen LogP contribution in [0, 0.1) is 17.8 Å². The van der Waals surface area contributed by atoms with Crippen LogP contribution in [0.15, 0.2) is 0 Å². The number of hydrogen-bond acceptors (Lipinski definition) is 1. The van der Waals surface area contributed by atoms with Crippen LogP contribution in [0.2, 0.25) is 0 Å². The molecule has 1 aliphatic rings. The van der Waals surface area contributed by atoms with Crippen LogP contribution in [0.4, 0.5) is 0 Å². The molecule has 1 rings (SSSR count). The van der Waals surface area contributed by atoms with E-state index in [2.05, 4.69) is 25.1 Å². The highest BCUT2D eigenvalue weighted by atomic mass is 16.1. The van der Waals surface area contributed by atoms with Gasteiger partial charge in [-0.1, -0.05) is 13.8 Å². The van der Waals surface area contributed by atoms with Crippen LogP contribution in [0.3, 0.4) is 0 Å². The van der Waals surface area contributed by atoms with Crippen LogP contribution in [0.5, 0.6) is 0 Å². The van der Waals surface area contributed by atoms with Crippen molar-refractivity contribution in [2.75, 3.05) is 0 Å². The Morgan fingerprint density at radius 2 is 2.25 bits per heavy atom. The summed E-state index contributed by atoms with van der Waals surface area (Å²) in [6, 6.07) is 0.398. The molecule has 1 N–H and O–H groups in total. The Balaban J connectivity index is 2.13. The molecule has 2 heteroatoms. The minimum atomic E-state index is 0.194. The lowest BCUT2D eigenvalue weighted by atomic mass is 9.92. The first kappa shape index (κ1) is 13.1. The molecule has 1 atom stereocenters. The van der Waals surface area contributed by atoms with Gasteiger partial charge in [-0.15, -0.1) is 12.3 Å². The van der Waals surface area contributed by atoms with Crippen molar-refractivity contribution < 1.29 is 4.79 Å². The molecule has 1 saturated carbocycles. The predicted octanol–water partition coefficient (Wildman–Crippen LogP) is 2.87. The quantitative estimate of drug-likeness (QED) is 0.561. The highest BCUT2D eigenvalue weighted by Crippen LogP contribution is 2.36. The van der Waals surface area contributed by atoms with E-state index in [9.17, 15) is 4.79 Å². The van der Waals surface area contributed by atoms with Gasteiger partial charge >= 0.3 is 0 Å². The van der Waals surface area contributed by atoms with E-state index in [-0.39, 0.29) is 5.91 Å². The molecule has 0 radical (unpaired) electrons. The van der Waals surface area contributed by atoms with Crippen molar-refractivity contribution >= 4 is 5.91 Å². The van der Waals surface area contributed by atoms with Crippen molar-refractivity contribution in [2.24, 2.45) is 5.41 Å². The van der Waals surface area contributed by atoms with E-state index >= 15 is 0 Å². The topological polar surface area (TPSA) is 29.1 Å². The van der Waals surface area contributed by atoms with Gasteiger partial charge in [-0.2, -0.15) is 0 Å². The highest BCUT2D eigenvalue weighted by Gasteiger charge is 2.31. The molecule has 16 heavy (non-hydrogen) atoms. The summed E-state index contributed by atoms with van der Waals surface area (Å²) < 4.78 is 0. The van der Waals surface area contributed by atoms with Crippen molar-refractivity contribution in [3.63, 3.8) is 0 Å². The van der Waals surface area contributed by atoms with Crippen LogP contribution < -0.4 is 5.32 Å². The third kappa shape index (κ3) is 4.70. The molecule has 90 valence electrons. The first-order valence-electron chi connectivity index (χ1n) is 6.26. The monoisotopic (exact) mass is 221 g/mol. The van der Waals surface area contributed by atoms with Gasteiger partial charge in [-0.25, -0.2) is 0 Å². The van der Waals surface area contributed by atoms with E-state index in [0.29, 0.717) is 17.9 Å². The van der Waals surface area contributed by atoms with Gasteiger partial charge in [0.25, 0.3) is 0 Å². The van der Waals surface area contributed by atoms with Gasteiger partial charge in [0.05, 0.1) is 0 Å². The average molecular weight is 221 g/mol. The van der Waals surface area contributed by atoms with Crippen LogP contribution in [-0.4, -0.2) is 11.9 Å². The minimum absolute atomic E-state index is 0.194. The summed E-state index contributed by atoms with van der Waals surface area (Å²) in [7, 11) is 0. The molecule has 0 saturated heterocycles. The molecule has 1 amide bonds. The number of hydrogen-bond donors (Lipinski definition) is 1. The van der Waals surface area contributed by atoms with Crippen molar-refractivity contribution in [3.05, 3.63) is 0 Å². The Kier molecular flexibility index (Phi) is 4.86. The Hall–Kier alpha value is -0.970. The Labute approximate surface area is 99.2 Å². The maximum absolute atomic E-state index is 11.6. The van der Waals surface area contributed by atoms with Crippen molar-refractivity contribution in [3.8, 4) is 12.3 Å². The molecular weight excluding hydrogens is 198 g/mol. The van der Waals surface area contributed by atoms with Crippen molar-refractivity contribution in [1.29, 1.82) is 0 Å². The Bertz CT molecular complexity index is 275. The zero-order chi connectivity index (χ0) is 12.0. The Morgan fingerprint density at radius 3 is 2.81 bits per heavy atom. The molecule has 0 aromatic carbocycles. The van der Waals surface area contributed by atoms with E-state index in [1.165, 1.54) is 6.42 Å². The van der Waals surface area contributed by atoms with Crippen LogP contribution in [0.1, 0.15) is 58.8 Å². The second-order valence-electron chi connectivity index (χ2n) is 5.58. The third-order valence-electron chi connectivity index (χ3n) is 3.31. The van der Waals surface area contributed by atoms with E-state index in [4.69, 9.17) is 6.42 Å². The summed E-state index contributed by atoms with van der Waals surface area (Å²) in [4.78, 5) is 11.6. The van der Waals surface area contributed by atoms with E-state index < -0.39 is 0 Å². The zero-order valence-electron chi connectivity index (χ0n) is 10.5. The van der Waals surface area contributed by atoms with Gasteiger partial charge in [-0.3, -0.25) is 4.79 Å². The highest BCUT2D eigenvalue weighted by molar-refractivity contribution is 5.76. The number of unbranched alkanes of at least 4 members (excludes halogenated alkanes) is 2. The largest absolute Gasteiger partial charge is 0.353 e. The maximum Gasteiger partial charge on any atom is 0.220 e. The number of carbonyl (C=O) groups is 1. The summed E-state index contributed by atoms with van der Waals surface area (Å²) in [5, 5.41) is 3.12. The molecule has 1 unspecified atom stereocenters. The number of amides is 1. The number of carbonyl (C=O) groups excluding carboxylic acids is 1. The lowest BCUT2D eigenvalue weighted by Gasteiger charge is -2.17. The number of nitrogens with one attached hydrogen (secondary N) is 1. The summed E-state index contributed by atoms with van der Waals surface area (Å²) in [5.74, 6) is 2.79. The SMILES string of the molecule is C#CCCCCC(=O)NC1CCC(C)(C)C1. The lowest BCUT2D eigenvalue weighted by Crippen LogP contribution is -2.33. The fraction of sp³-hybridized carbons (Fsp3) is 0.786. The first-order chi connectivity index (χ1) is 7.53. The lowest BCUT2D eigenvalue weighted by molar-refractivity contribution is -0.121. The average Bonchev–Trinajstić information content (AvgIpc) is 2.53. The van der Waals surface area contributed by atoms with Crippen molar-refractivity contribution in [2.45, 2.75) is 64.8 Å². The third-order valence-corrected chi connectivity index (χ3v) is 3.31. The Morgan fingerprint density at radius 1 is 1.50 bits per heavy atom. The standard InChI is InChI=1S/C14H23NO/c1-4-5-6-7-8-13(16)15-12-9-10-14(2,3)11-12/h1,12H,5-11H2,2-3H3,(H,15,16). The van der Waals surface area contributed by atoms with E-state index in [1.807, 2.05) is 0 Å². The molecule has 0 spiro atoms. The van der Waals surface area contributed by atoms with E-state index in [1.54, 1.807) is 0 Å². The van der Waals surface area contributed by atoms with Gasteiger partial charge in [0.2, 0.25) is 5.91 Å². The molecular formula is C14H23NO. The summed E-state index contributed by atoms with van der Waals surface area (Å²) in [5.41, 5.74) is 0.404. The second kappa shape index (κ2) is 5.94. The predicted molar refractivity (Wildman–Crippen MR) is 66.9 cm³/mol. The fourth-order valence-corrected chi connectivity index (χ4v) is 2.37. The summed E-state index contributed by atoms with van der Waals surface area (Å²) >= 11 is 0. The van der Waals surface area contributed by atoms with Gasteiger partial charge in [0.1, 0.15) is 0 Å². The number of rotatable bonds is 5. The van der Waals surface area contributed by atoms with Crippen molar-refractivity contribution in [1.82, 2.24) is 5.32 Å². The molecule has 0 bridgehead atoms. The summed E-state index contributed by atoms with van der Waals surface area (Å²) in [6.07, 6.45) is 11.9. The van der Waals surface area contributed by atoms with Gasteiger partial charge < -0.3 is 5.32 Å². The minimum Gasteiger partial charge on any atom is -0.353 e. The molecule has 2 nitrogen and oxygen atoms in total. The van der Waals surface area contributed by atoms with E-state index in [0.717, 1.165) is 32.1 Å². The fourth-order valence-electron chi connectivity index (χ4n) is 2.37. The maximum atomic E-state index is 11.6. The molecule has 1 aliphatic carbocycles. The molecule has 0 aliphatic heterocycles. The van der Waals surface area contributed by atoms with Gasteiger partial charge in [-0.05, 0) is 37.5 Å². The molecule has 0 aromatic rings. The second-order valence-corrected chi connectivity index (χ2v) is 5.58. The molecule has 0 heterocycles. The smallest absolute Gasteiger partial charge is 0.220 e.